The number of carboxylic acid groups (broad SMARTS) is 1. The second-order valence-electron chi connectivity index (χ2n) is 5.00. The molecule has 2 rings (SSSR count). The van der Waals surface area contributed by atoms with Gasteiger partial charge in [-0.1, -0.05) is 6.42 Å². The van der Waals surface area contributed by atoms with Crippen LogP contribution in [0.4, 0.5) is 0 Å². The zero-order valence-electron chi connectivity index (χ0n) is 9.22. The number of nitrogens with one attached hydrogen (secondary N) is 1. The van der Waals surface area contributed by atoms with Crippen LogP contribution in [0.2, 0.25) is 6.32 Å². The lowest BCUT2D eigenvalue weighted by molar-refractivity contribution is -0.146. The van der Waals surface area contributed by atoms with Gasteiger partial charge in [-0.2, -0.15) is 0 Å². The summed E-state index contributed by atoms with van der Waals surface area (Å²) in [7, 11) is -1.27. The highest BCUT2D eigenvalue weighted by atomic mass is 16.4. The van der Waals surface area contributed by atoms with Crippen molar-refractivity contribution in [2.24, 2.45) is 5.92 Å². The molecule has 0 spiro atoms. The predicted molar refractivity (Wildman–Crippen MR) is 58.9 cm³/mol. The van der Waals surface area contributed by atoms with Crippen molar-refractivity contribution in [1.82, 2.24) is 5.32 Å². The summed E-state index contributed by atoms with van der Waals surface area (Å²) in [5.74, 6) is -0.607. The predicted octanol–water partition coefficient (Wildman–Crippen LogP) is -0.165. The van der Waals surface area contributed by atoms with Crippen molar-refractivity contribution in [1.29, 1.82) is 0 Å². The number of fused-ring (bicyclic) bond motifs is 2. The van der Waals surface area contributed by atoms with Gasteiger partial charge in [0.15, 0.2) is 0 Å². The van der Waals surface area contributed by atoms with Crippen molar-refractivity contribution >= 4 is 13.1 Å². The van der Waals surface area contributed by atoms with Crippen LogP contribution in [0.25, 0.3) is 0 Å². The highest BCUT2D eigenvalue weighted by molar-refractivity contribution is 6.40. The first kappa shape index (κ1) is 11.9. The van der Waals surface area contributed by atoms with Crippen molar-refractivity contribution in [3.63, 3.8) is 0 Å². The third kappa shape index (κ3) is 1.97. The SMILES string of the molecule is O=C(O)C12CCC(CC1CCCB(O)O)N2. The summed E-state index contributed by atoms with van der Waals surface area (Å²) in [5.41, 5.74) is -0.731. The lowest BCUT2D eigenvalue weighted by Gasteiger charge is -2.30. The first-order chi connectivity index (χ1) is 7.54. The Morgan fingerprint density at radius 1 is 1.50 bits per heavy atom. The van der Waals surface area contributed by atoms with Crippen molar-refractivity contribution in [2.45, 2.75) is 50.0 Å². The topological polar surface area (TPSA) is 89.8 Å². The molecule has 0 aromatic heterocycles. The van der Waals surface area contributed by atoms with Crippen molar-refractivity contribution in [3.05, 3.63) is 0 Å². The van der Waals surface area contributed by atoms with Crippen LogP contribution in [0.15, 0.2) is 0 Å². The van der Waals surface area contributed by atoms with E-state index in [4.69, 9.17) is 10.0 Å². The van der Waals surface area contributed by atoms with Gasteiger partial charge in [-0.25, -0.2) is 0 Å². The number of hydrogen-bond acceptors (Lipinski definition) is 4. The Hall–Kier alpha value is -0.585. The molecule has 5 nitrogen and oxygen atoms in total. The molecular weight excluding hydrogens is 209 g/mol. The van der Waals surface area contributed by atoms with E-state index in [9.17, 15) is 9.90 Å². The fraction of sp³-hybridized carbons (Fsp3) is 0.900. The molecule has 4 N–H and O–H groups in total. The molecule has 16 heavy (non-hydrogen) atoms. The number of carboxylic acids is 1. The Kier molecular flexibility index (Phi) is 3.23. The smallest absolute Gasteiger partial charge is 0.451 e. The summed E-state index contributed by atoms with van der Waals surface area (Å²) < 4.78 is 0. The minimum Gasteiger partial charge on any atom is -0.480 e. The summed E-state index contributed by atoms with van der Waals surface area (Å²) in [5, 5.41) is 30.0. The molecule has 90 valence electrons. The summed E-state index contributed by atoms with van der Waals surface area (Å²) in [6, 6.07) is 0.347. The normalized spacial score (nSPS) is 36.6. The van der Waals surface area contributed by atoms with Crippen LogP contribution in [-0.2, 0) is 4.79 Å². The first-order valence-corrected chi connectivity index (χ1v) is 5.92. The monoisotopic (exact) mass is 227 g/mol. The van der Waals surface area contributed by atoms with Gasteiger partial charge in [0, 0.05) is 6.04 Å². The van der Waals surface area contributed by atoms with E-state index in [0.29, 0.717) is 25.2 Å². The van der Waals surface area contributed by atoms with Gasteiger partial charge in [0.2, 0.25) is 0 Å². The van der Waals surface area contributed by atoms with Crippen molar-refractivity contribution < 1.29 is 19.9 Å². The molecule has 2 aliphatic rings. The van der Waals surface area contributed by atoms with E-state index in [2.05, 4.69) is 5.32 Å². The average molecular weight is 227 g/mol. The molecule has 0 aliphatic carbocycles. The lowest BCUT2D eigenvalue weighted by Crippen LogP contribution is -2.49. The lowest BCUT2D eigenvalue weighted by atomic mass is 9.73. The number of carbonyl (C=O) groups is 1. The van der Waals surface area contributed by atoms with Crippen LogP contribution in [0.1, 0.15) is 32.1 Å². The van der Waals surface area contributed by atoms with Gasteiger partial charge in [-0.3, -0.25) is 10.1 Å². The van der Waals surface area contributed by atoms with Crippen molar-refractivity contribution in [2.75, 3.05) is 0 Å². The maximum absolute atomic E-state index is 11.3. The molecular formula is C10H18BNO4. The molecule has 0 radical (unpaired) electrons. The average Bonchev–Trinajstić information content (AvgIpc) is 2.75. The minimum atomic E-state index is -1.27. The Bertz CT molecular complexity index is 286. The molecule has 2 fully saturated rings. The van der Waals surface area contributed by atoms with E-state index < -0.39 is 18.6 Å². The molecule has 6 heteroatoms. The van der Waals surface area contributed by atoms with Crippen LogP contribution in [0.3, 0.4) is 0 Å². The Morgan fingerprint density at radius 2 is 2.25 bits per heavy atom. The molecule has 2 bridgehead atoms. The van der Waals surface area contributed by atoms with Crippen LogP contribution < -0.4 is 5.32 Å². The fourth-order valence-electron chi connectivity index (χ4n) is 3.21. The third-order valence-electron chi connectivity index (χ3n) is 4.01. The molecule has 2 aliphatic heterocycles. The number of hydrogen-bond donors (Lipinski definition) is 4. The van der Waals surface area contributed by atoms with Gasteiger partial charge < -0.3 is 15.2 Å². The van der Waals surface area contributed by atoms with Gasteiger partial charge in [0.1, 0.15) is 5.54 Å². The Labute approximate surface area is 95.0 Å². The number of rotatable bonds is 5. The second-order valence-corrected chi connectivity index (χ2v) is 5.00. The van der Waals surface area contributed by atoms with Gasteiger partial charge in [-0.15, -0.1) is 0 Å². The number of aliphatic carboxylic acids is 1. The summed E-state index contributed by atoms with van der Waals surface area (Å²) in [4.78, 5) is 11.3. The van der Waals surface area contributed by atoms with Crippen LogP contribution >= 0.6 is 0 Å². The van der Waals surface area contributed by atoms with E-state index >= 15 is 0 Å². The molecule has 0 aromatic carbocycles. The van der Waals surface area contributed by atoms with Crippen LogP contribution in [0.5, 0.6) is 0 Å². The van der Waals surface area contributed by atoms with Gasteiger partial charge in [0.25, 0.3) is 0 Å². The van der Waals surface area contributed by atoms with Gasteiger partial charge in [0.05, 0.1) is 0 Å². The summed E-state index contributed by atoms with van der Waals surface area (Å²) in [6.07, 6.45) is 4.33. The zero-order valence-corrected chi connectivity index (χ0v) is 9.22. The van der Waals surface area contributed by atoms with E-state index in [0.717, 1.165) is 19.3 Å². The molecule has 0 amide bonds. The molecule has 0 saturated carbocycles. The molecule has 3 unspecified atom stereocenters. The summed E-state index contributed by atoms with van der Waals surface area (Å²) in [6.45, 7) is 0. The first-order valence-electron chi connectivity index (χ1n) is 5.92. The van der Waals surface area contributed by atoms with Gasteiger partial charge in [-0.05, 0) is 37.9 Å². The maximum atomic E-state index is 11.3. The largest absolute Gasteiger partial charge is 0.480 e. The van der Waals surface area contributed by atoms with Gasteiger partial charge >= 0.3 is 13.1 Å². The van der Waals surface area contributed by atoms with E-state index in [1.165, 1.54) is 0 Å². The third-order valence-corrected chi connectivity index (χ3v) is 4.01. The molecule has 0 aromatic rings. The van der Waals surface area contributed by atoms with Crippen LogP contribution in [0, 0.1) is 5.92 Å². The fourth-order valence-corrected chi connectivity index (χ4v) is 3.21. The second kappa shape index (κ2) is 4.35. The Balaban J connectivity index is 1.92. The molecule has 2 saturated heterocycles. The highest BCUT2D eigenvalue weighted by Gasteiger charge is 2.56. The summed E-state index contributed by atoms with van der Waals surface area (Å²) >= 11 is 0. The van der Waals surface area contributed by atoms with Crippen molar-refractivity contribution in [3.8, 4) is 0 Å². The minimum absolute atomic E-state index is 0.141. The van der Waals surface area contributed by atoms with E-state index in [-0.39, 0.29) is 5.92 Å². The van der Waals surface area contributed by atoms with Crippen LogP contribution in [-0.4, -0.2) is 39.8 Å². The van der Waals surface area contributed by atoms with E-state index in [1.54, 1.807) is 0 Å². The highest BCUT2D eigenvalue weighted by Crippen LogP contribution is 2.44. The Morgan fingerprint density at radius 3 is 2.81 bits per heavy atom. The maximum Gasteiger partial charge on any atom is 0.451 e. The zero-order chi connectivity index (χ0) is 11.8. The molecule has 3 atom stereocenters. The molecule has 2 heterocycles. The standard InChI is InChI=1S/C10H18BNO4/c13-9(14)10-4-3-8(12-10)6-7(10)2-1-5-11(15)16/h7-8,12,15-16H,1-6H2,(H,13,14). The van der Waals surface area contributed by atoms with E-state index in [1.807, 2.05) is 0 Å². The quantitative estimate of drug-likeness (QED) is 0.490.